The Morgan fingerprint density at radius 2 is 1.60 bits per heavy atom. The minimum Gasteiger partial charge on any atom is -0.235 e. The molecule has 1 N–H and O–H groups in total. The molecule has 0 spiro atoms. The molecule has 0 amide bonds. The second-order valence-corrected chi connectivity index (χ2v) is 6.13. The molecule has 0 aliphatic rings. The number of sulfone groups is 1. The molecule has 0 saturated carbocycles. The van der Waals surface area contributed by atoms with Crippen molar-refractivity contribution in [3.05, 3.63) is 70.3 Å². The van der Waals surface area contributed by atoms with Gasteiger partial charge < -0.3 is 0 Å². The summed E-state index contributed by atoms with van der Waals surface area (Å²) in [5, 5.41) is 9.57. The van der Waals surface area contributed by atoms with Crippen molar-refractivity contribution in [1.29, 1.82) is 0 Å². The summed E-state index contributed by atoms with van der Waals surface area (Å²) in [5.74, 6) is -0.101. The maximum atomic E-state index is 12.2. The van der Waals surface area contributed by atoms with E-state index >= 15 is 0 Å². The lowest BCUT2D eigenvalue weighted by Gasteiger charge is -2.05. The molecule has 0 atom stereocenters. The number of nitrogens with one attached hydrogen (secondary N) is 1. The monoisotopic (exact) mass is 292 g/mol. The Kier molecular flexibility index (Phi) is 3.99. The van der Waals surface area contributed by atoms with E-state index < -0.39 is 14.9 Å². The molecule has 2 aromatic carbocycles. The zero-order valence-corrected chi connectivity index (χ0v) is 11.2. The molecule has 0 saturated heterocycles. The third-order valence-electron chi connectivity index (χ3n) is 2.63. The van der Waals surface area contributed by atoms with E-state index in [1.165, 1.54) is 24.3 Å². The van der Waals surface area contributed by atoms with Crippen molar-refractivity contribution in [1.82, 2.24) is 0 Å². The molecule has 0 bridgehead atoms. The predicted molar refractivity (Wildman–Crippen MR) is 74.4 cm³/mol. The molecular formula is C13H12N2O4S. The Balaban J connectivity index is 2.19. The fourth-order valence-electron chi connectivity index (χ4n) is 1.72. The summed E-state index contributed by atoms with van der Waals surface area (Å²) in [6.45, 7) is 0. The molecule has 7 heteroatoms. The molecule has 0 fully saturated rings. The normalized spacial score (nSPS) is 11.0. The van der Waals surface area contributed by atoms with Crippen molar-refractivity contribution < 1.29 is 13.5 Å². The number of nitro groups is 1. The summed E-state index contributed by atoms with van der Waals surface area (Å²) in [5.41, 5.74) is 2.89. The zero-order valence-electron chi connectivity index (χ0n) is 10.4. The summed E-state index contributed by atoms with van der Waals surface area (Å²) < 4.78 is 24.4. The molecule has 0 aromatic heterocycles. The number of hydrogen-bond acceptors (Lipinski definition) is 4. The topological polar surface area (TPSA) is 89.3 Å². The first-order valence-corrected chi connectivity index (χ1v) is 7.40. The Bertz CT molecular complexity index is 697. The van der Waals surface area contributed by atoms with Crippen LogP contribution in [0.3, 0.4) is 0 Å². The minimum absolute atomic E-state index is 0.101. The van der Waals surface area contributed by atoms with Gasteiger partial charge in [-0.3, -0.25) is 0 Å². The SMILES string of the molecule is O=[N+]([O-])Nc1ccc(S(=O)(=O)Cc2ccccc2)cc1. The van der Waals surface area contributed by atoms with E-state index in [-0.39, 0.29) is 16.3 Å². The first-order valence-electron chi connectivity index (χ1n) is 5.75. The van der Waals surface area contributed by atoms with E-state index in [9.17, 15) is 18.5 Å². The molecule has 104 valence electrons. The molecule has 0 aliphatic heterocycles. The van der Waals surface area contributed by atoms with E-state index in [0.717, 1.165) is 0 Å². The van der Waals surface area contributed by atoms with Crippen LogP contribution in [0.2, 0.25) is 0 Å². The van der Waals surface area contributed by atoms with Crippen LogP contribution in [-0.2, 0) is 15.6 Å². The quantitative estimate of drug-likeness (QED) is 0.674. The Morgan fingerprint density at radius 1 is 1.00 bits per heavy atom. The maximum absolute atomic E-state index is 12.2. The van der Waals surface area contributed by atoms with Gasteiger partial charge in [0.2, 0.25) is 0 Å². The largest absolute Gasteiger partial charge is 0.235 e. The Labute approximate surface area is 116 Å². The predicted octanol–water partition coefficient (Wildman–Crippen LogP) is 2.26. The van der Waals surface area contributed by atoms with Crippen LogP contribution in [0.5, 0.6) is 0 Å². The van der Waals surface area contributed by atoms with Crippen LogP contribution in [-0.4, -0.2) is 13.5 Å². The van der Waals surface area contributed by atoms with Gasteiger partial charge in [0.05, 0.1) is 10.6 Å². The van der Waals surface area contributed by atoms with Crippen molar-refractivity contribution in [3.63, 3.8) is 0 Å². The van der Waals surface area contributed by atoms with E-state index in [0.29, 0.717) is 5.56 Å². The molecule has 0 heterocycles. The van der Waals surface area contributed by atoms with E-state index in [1.54, 1.807) is 24.3 Å². The van der Waals surface area contributed by atoms with Crippen LogP contribution in [0.4, 0.5) is 5.69 Å². The number of anilines is 1. The zero-order chi connectivity index (χ0) is 14.6. The Morgan fingerprint density at radius 3 is 2.15 bits per heavy atom. The molecule has 0 aliphatic carbocycles. The first-order chi connectivity index (χ1) is 9.47. The number of nitrogens with zero attached hydrogens (tertiary/aromatic N) is 1. The highest BCUT2D eigenvalue weighted by Gasteiger charge is 2.15. The van der Waals surface area contributed by atoms with Crippen molar-refractivity contribution in [3.8, 4) is 0 Å². The van der Waals surface area contributed by atoms with E-state index in [4.69, 9.17) is 0 Å². The van der Waals surface area contributed by atoms with Gasteiger partial charge in [-0.1, -0.05) is 30.3 Å². The Hall–Kier alpha value is -2.41. The molecule has 2 rings (SSSR count). The fourth-order valence-corrected chi connectivity index (χ4v) is 3.07. The van der Waals surface area contributed by atoms with Crippen molar-refractivity contribution in [2.24, 2.45) is 0 Å². The van der Waals surface area contributed by atoms with E-state index in [1.807, 2.05) is 11.5 Å². The number of hydrazine groups is 1. The van der Waals surface area contributed by atoms with Crippen molar-refractivity contribution in [2.75, 3.05) is 5.43 Å². The lowest BCUT2D eigenvalue weighted by atomic mass is 10.2. The van der Waals surface area contributed by atoms with Crippen LogP contribution in [0.25, 0.3) is 0 Å². The van der Waals surface area contributed by atoms with Crippen LogP contribution in [0.15, 0.2) is 59.5 Å². The fraction of sp³-hybridized carbons (Fsp3) is 0.0769. The van der Waals surface area contributed by atoms with Gasteiger partial charge in [0.25, 0.3) is 0 Å². The smallest absolute Gasteiger partial charge is 0.182 e. The maximum Gasteiger partial charge on any atom is 0.182 e. The van der Waals surface area contributed by atoms with Crippen LogP contribution < -0.4 is 5.43 Å². The molecule has 0 unspecified atom stereocenters. The second-order valence-electron chi connectivity index (χ2n) is 4.14. The first kappa shape index (κ1) is 14.0. The summed E-state index contributed by atoms with van der Waals surface area (Å²) >= 11 is 0. The van der Waals surface area contributed by atoms with Gasteiger partial charge in [-0.25, -0.2) is 18.5 Å². The third kappa shape index (κ3) is 3.55. The number of hydrogen-bond donors (Lipinski definition) is 1. The highest BCUT2D eigenvalue weighted by atomic mass is 32.2. The van der Waals surface area contributed by atoms with Crippen molar-refractivity contribution >= 4 is 15.5 Å². The highest BCUT2D eigenvalue weighted by Crippen LogP contribution is 2.18. The van der Waals surface area contributed by atoms with Gasteiger partial charge in [-0.2, -0.15) is 0 Å². The van der Waals surface area contributed by atoms with Gasteiger partial charge in [0.1, 0.15) is 5.69 Å². The van der Waals surface area contributed by atoms with Gasteiger partial charge in [-0.05, 0) is 29.8 Å². The van der Waals surface area contributed by atoms with Crippen LogP contribution in [0.1, 0.15) is 5.56 Å². The molecular weight excluding hydrogens is 280 g/mol. The molecule has 6 nitrogen and oxygen atoms in total. The van der Waals surface area contributed by atoms with Crippen LogP contribution >= 0.6 is 0 Å². The van der Waals surface area contributed by atoms with E-state index in [2.05, 4.69) is 0 Å². The lowest BCUT2D eigenvalue weighted by Crippen LogP contribution is -2.08. The lowest BCUT2D eigenvalue weighted by molar-refractivity contribution is -0.445. The van der Waals surface area contributed by atoms with Gasteiger partial charge >= 0.3 is 0 Å². The second kappa shape index (κ2) is 5.70. The third-order valence-corrected chi connectivity index (χ3v) is 4.34. The minimum atomic E-state index is -3.46. The average Bonchev–Trinajstić information content (AvgIpc) is 2.39. The molecule has 2 aromatic rings. The van der Waals surface area contributed by atoms with Gasteiger partial charge in [0, 0.05) is 0 Å². The molecule has 20 heavy (non-hydrogen) atoms. The molecule has 0 radical (unpaired) electrons. The standard InChI is InChI=1S/C13H12N2O4S/c16-15(17)14-12-6-8-13(9-7-12)20(18,19)10-11-4-2-1-3-5-11/h1-9,14H,10H2. The summed E-state index contributed by atoms with van der Waals surface area (Å²) in [4.78, 5) is 10.4. The average molecular weight is 292 g/mol. The van der Waals surface area contributed by atoms with Crippen LogP contribution in [0, 0.1) is 10.1 Å². The number of benzene rings is 2. The van der Waals surface area contributed by atoms with Gasteiger partial charge in [0.15, 0.2) is 14.9 Å². The summed E-state index contributed by atoms with van der Waals surface area (Å²) in [7, 11) is -3.46. The summed E-state index contributed by atoms with van der Waals surface area (Å²) in [6.07, 6.45) is 0. The van der Waals surface area contributed by atoms with Gasteiger partial charge in [-0.15, -0.1) is 5.43 Å². The summed E-state index contributed by atoms with van der Waals surface area (Å²) in [6, 6.07) is 14.3. The highest BCUT2D eigenvalue weighted by molar-refractivity contribution is 7.90. The number of rotatable bonds is 5. The van der Waals surface area contributed by atoms with Crippen molar-refractivity contribution in [2.45, 2.75) is 10.6 Å².